The number of carbonyl (C=O) groups is 3. The van der Waals surface area contributed by atoms with Crippen LogP contribution in [0.15, 0.2) is 22.8 Å². The number of Topliss-reactive ketones (excluding diaryl/α,β-unsaturated/α-hetero) is 1. The van der Waals surface area contributed by atoms with Crippen LogP contribution in [0.3, 0.4) is 0 Å². The van der Waals surface area contributed by atoms with E-state index in [1.54, 1.807) is 13.0 Å². The molecule has 30 heavy (non-hydrogen) atoms. The van der Waals surface area contributed by atoms with Crippen molar-refractivity contribution in [3.8, 4) is 0 Å². The maximum absolute atomic E-state index is 12.8. The average molecular weight is 453 g/mol. The first-order chi connectivity index (χ1) is 14.0. The molecule has 4 aliphatic rings. The Kier molecular flexibility index (Phi) is 5.30. The number of ether oxygens (including phenoxy) is 1. The van der Waals surface area contributed by atoms with Crippen LogP contribution in [0.5, 0.6) is 0 Å². The lowest BCUT2D eigenvalue weighted by Gasteiger charge is -2.59. The van der Waals surface area contributed by atoms with Crippen LogP contribution in [0.1, 0.15) is 59.8 Å². The molecule has 4 aliphatic carbocycles. The number of alkyl halides is 1. The Morgan fingerprint density at radius 1 is 1.17 bits per heavy atom. The normalized spacial score (nSPS) is 44.9. The zero-order valence-corrected chi connectivity index (χ0v) is 19.6. The largest absolute Gasteiger partial charge is 0.451 e. The Bertz CT molecular complexity index is 876. The van der Waals surface area contributed by atoms with Crippen molar-refractivity contribution in [2.24, 2.45) is 34.5 Å². The molecule has 4 nitrogen and oxygen atoms in total. The van der Waals surface area contributed by atoms with Gasteiger partial charge in [0.1, 0.15) is 0 Å². The van der Waals surface area contributed by atoms with Gasteiger partial charge < -0.3 is 4.74 Å². The zero-order chi connectivity index (χ0) is 22.1. The minimum atomic E-state index is -1.07. The van der Waals surface area contributed by atoms with E-state index in [1.165, 1.54) is 6.92 Å². The van der Waals surface area contributed by atoms with E-state index in [2.05, 4.69) is 19.9 Å². The van der Waals surface area contributed by atoms with E-state index in [1.807, 2.05) is 0 Å². The van der Waals surface area contributed by atoms with E-state index in [0.717, 1.165) is 24.8 Å². The second-order valence-corrected chi connectivity index (χ2v) is 10.9. The lowest BCUT2D eigenvalue weighted by atomic mass is 9.46. The van der Waals surface area contributed by atoms with Gasteiger partial charge in [0.25, 0.3) is 0 Å². The number of carbonyl (C=O) groups excluding carboxylic acids is 3. The maximum Gasteiger partial charge on any atom is 0.303 e. The molecule has 2 fully saturated rings. The van der Waals surface area contributed by atoms with Gasteiger partial charge in [-0.2, -0.15) is 0 Å². The second kappa shape index (κ2) is 7.20. The summed E-state index contributed by atoms with van der Waals surface area (Å²) >= 11 is 13.2. The van der Waals surface area contributed by atoms with Crippen molar-refractivity contribution in [1.82, 2.24) is 0 Å². The summed E-state index contributed by atoms with van der Waals surface area (Å²) in [5.41, 5.74) is -0.846. The van der Waals surface area contributed by atoms with Crippen LogP contribution in [0.4, 0.5) is 0 Å². The highest BCUT2D eigenvalue weighted by molar-refractivity contribution is 6.32. The van der Waals surface area contributed by atoms with Gasteiger partial charge in [0, 0.05) is 35.1 Å². The van der Waals surface area contributed by atoms with E-state index < -0.39 is 17.0 Å². The smallest absolute Gasteiger partial charge is 0.303 e. The average Bonchev–Trinajstić information content (AvgIpc) is 2.96. The van der Waals surface area contributed by atoms with Crippen molar-refractivity contribution < 1.29 is 19.1 Å². The van der Waals surface area contributed by atoms with Crippen LogP contribution in [0.25, 0.3) is 0 Å². The molecular weight excluding hydrogens is 423 g/mol. The van der Waals surface area contributed by atoms with Gasteiger partial charge in [-0.15, -0.1) is 11.6 Å². The summed E-state index contributed by atoms with van der Waals surface area (Å²) in [5.74, 6) is 0.705. The van der Waals surface area contributed by atoms with E-state index in [0.29, 0.717) is 29.7 Å². The fraction of sp³-hybridized carbons (Fsp3) is 0.708. The van der Waals surface area contributed by atoms with Crippen LogP contribution >= 0.6 is 23.2 Å². The van der Waals surface area contributed by atoms with Crippen LogP contribution in [0.2, 0.25) is 0 Å². The summed E-state index contributed by atoms with van der Waals surface area (Å²) in [6.07, 6.45) is 7.31. The Balaban J connectivity index is 1.82. The van der Waals surface area contributed by atoms with Crippen molar-refractivity contribution in [2.45, 2.75) is 65.4 Å². The minimum Gasteiger partial charge on any atom is -0.451 e. The Morgan fingerprint density at radius 2 is 1.83 bits per heavy atom. The molecule has 0 radical (unpaired) electrons. The number of rotatable bonds is 3. The summed E-state index contributed by atoms with van der Waals surface area (Å²) < 4.78 is 5.81. The second-order valence-electron chi connectivity index (χ2n) is 10.1. The van der Waals surface area contributed by atoms with Crippen LogP contribution in [-0.4, -0.2) is 29.0 Å². The molecule has 0 aromatic rings. The van der Waals surface area contributed by atoms with Gasteiger partial charge in [-0.05, 0) is 67.9 Å². The molecule has 4 unspecified atom stereocenters. The summed E-state index contributed by atoms with van der Waals surface area (Å²) in [4.78, 5) is 37.1. The highest BCUT2D eigenvalue weighted by Crippen LogP contribution is 2.68. The summed E-state index contributed by atoms with van der Waals surface area (Å²) in [6, 6.07) is 0. The lowest BCUT2D eigenvalue weighted by Crippen LogP contribution is -2.59. The highest BCUT2D eigenvalue weighted by atomic mass is 35.5. The molecule has 0 heterocycles. The zero-order valence-electron chi connectivity index (χ0n) is 18.1. The number of ketones is 2. The summed E-state index contributed by atoms with van der Waals surface area (Å²) in [6.45, 7) is 7.26. The number of hydrogen-bond acceptors (Lipinski definition) is 4. The molecule has 0 saturated heterocycles. The predicted molar refractivity (Wildman–Crippen MR) is 116 cm³/mol. The molecule has 0 aliphatic heterocycles. The third kappa shape index (κ3) is 2.75. The number of hydrogen-bond donors (Lipinski definition) is 0. The molecule has 0 aromatic heterocycles. The first-order valence-corrected chi connectivity index (χ1v) is 11.8. The molecule has 0 amide bonds. The van der Waals surface area contributed by atoms with E-state index in [-0.39, 0.29) is 34.7 Å². The molecule has 0 aromatic carbocycles. The van der Waals surface area contributed by atoms with Crippen LogP contribution in [0, 0.1) is 34.5 Å². The first kappa shape index (κ1) is 22.1. The van der Waals surface area contributed by atoms with E-state index in [9.17, 15) is 14.4 Å². The topological polar surface area (TPSA) is 60.4 Å². The van der Waals surface area contributed by atoms with Crippen molar-refractivity contribution in [3.63, 3.8) is 0 Å². The third-order valence-electron chi connectivity index (χ3n) is 9.07. The van der Waals surface area contributed by atoms with Gasteiger partial charge in [0.15, 0.2) is 17.2 Å². The van der Waals surface area contributed by atoms with Gasteiger partial charge in [-0.1, -0.05) is 31.5 Å². The third-order valence-corrected chi connectivity index (χ3v) is 9.77. The first-order valence-electron chi connectivity index (χ1n) is 10.9. The fourth-order valence-electron chi connectivity index (χ4n) is 7.54. The van der Waals surface area contributed by atoms with Crippen molar-refractivity contribution in [2.75, 3.05) is 5.88 Å². The summed E-state index contributed by atoms with van der Waals surface area (Å²) in [5, 5.41) is 0.638. The quantitative estimate of drug-likeness (QED) is 0.435. The molecule has 0 bridgehead atoms. The molecule has 164 valence electrons. The molecule has 6 heteroatoms. The maximum atomic E-state index is 12.8. The molecule has 2 saturated carbocycles. The van der Waals surface area contributed by atoms with Crippen molar-refractivity contribution in [1.29, 1.82) is 0 Å². The van der Waals surface area contributed by atoms with Gasteiger partial charge in [-0.3, -0.25) is 14.4 Å². The Hall–Kier alpha value is -1.13. The lowest BCUT2D eigenvalue weighted by molar-refractivity contribution is -0.185. The van der Waals surface area contributed by atoms with Crippen LogP contribution in [-0.2, 0) is 19.1 Å². The van der Waals surface area contributed by atoms with E-state index >= 15 is 0 Å². The molecule has 0 spiro atoms. The molecule has 4 rings (SSSR count). The fourth-order valence-corrected chi connectivity index (χ4v) is 8.38. The van der Waals surface area contributed by atoms with E-state index in [4.69, 9.17) is 27.9 Å². The monoisotopic (exact) mass is 452 g/mol. The number of allylic oxidation sites excluding steroid dienone is 4. The SMILES string of the molecule is CC(=O)OC1(C(C)=O)CCC2C3C=C(Cl)C4=CC(=O)C[C@H](CCl)[C@]4(C)C3CC[C@@]21C. The summed E-state index contributed by atoms with van der Waals surface area (Å²) in [7, 11) is 0. The Morgan fingerprint density at radius 3 is 2.43 bits per heavy atom. The molecule has 0 N–H and O–H groups in total. The highest BCUT2D eigenvalue weighted by Gasteiger charge is 2.68. The van der Waals surface area contributed by atoms with Gasteiger partial charge in [-0.25, -0.2) is 0 Å². The predicted octanol–water partition coefficient (Wildman–Crippen LogP) is 5.22. The number of esters is 1. The number of fused-ring (bicyclic) bond motifs is 5. The van der Waals surface area contributed by atoms with Crippen LogP contribution < -0.4 is 0 Å². The molecular formula is C24H30Cl2O4. The van der Waals surface area contributed by atoms with Crippen molar-refractivity contribution >= 4 is 40.7 Å². The number of halogens is 2. The van der Waals surface area contributed by atoms with Gasteiger partial charge in [0.05, 0.1) is 0 Å². The van der Waals surface area contributed by atoms with Gasteiger partial charge in [0.2, 0.25) is 0 Å². The standard InChI is InChI=1S/C24H30Cl2O4/c1-13(27)24(30-14(2)28)8-6-18-17-11-21(26)20-10-16(29)9-15(12-25)23(20,4)19(17)5-7-22(18,24)3/h10-11,15,17-19H,5-9,12H2,1-4H3/t15-,17?,18?,19?,22+,23-,24?/m1/s1. The van der Waals surface area contributed by atoms with Crippen molar-refractivity contribution in [3.05, 3.63) is 22.8 Å². The molecule has 7 atom stereocenters. The minimum absolute atomic E-state index is 0.0402. The Labute approximate surface area is 188 Å². The van der Waals surface area contributed by atoms with Gasteiger partial charge >= 0.3 is 5.97 Å².